The van der Waals surface area contributed by atoms with E-state index in [0.29, 0.717) is 10.4 Å². The molecule has 31 heavy (non-hydrogen) atoms. The smallest absolute Gasteiger partial charge is 0.328 e. The van der Waals surface area contributed by atoms with Crippen LogP contribution in [0.3, 0.4) is 0 Å². The van der Waals surface area contributed by atoms with E-state index in [9.17, 15) is 14.7 Å². The number of thiophene rings is 1. The molecule has 0 aliphatic carbocycles. The van der Waals surface area contributed by atoms with Crippen LogP contribution in [0, 0.1) is 13.8 Å². The summed E-state index contributed by atoms with van der Waals surface area (Å²) < 4.78 is 0.831. The van der Waals surface area contributed by atoms with Crippen LogP contribution < -0.4 is 0 Å². The van der Waals surface area contributed by atoms with Gasteiger partial charge in [0.05, 0.1) is 4.88 Å². The maximum absolute atomic E-state index is 13.5. The van der Waals surface area contributed by atoms with E-state index < -0.39 is 5.97 Å². The zero-order chi connectivity index (χ0) is 22.1. The lowest BCUT2D eigenvalue weighted by atomic mass is 9.96. The first kappa shape index (κ1) is 20.6. The van der Waals surface area contributed by atoms with Crippen LogP contribution in [-0.2, 0) is 4.79 Å². The summed E-state index contributed by atoms with van der Waals surface area (Å²) in [4.78, 5) is 24.9. The first-order valence-corrected chi connectivity index (χ1v) is 10.5. The maximum atomic E-state index is 13.5. The number of phenols is 1. The summed E-state index contributed by atoms with van der Waals surface area (Å²) in [5, 5.41) is 19.7. The molecule has 3 aromatic carbocycles. The Morgan fingerprint density at radius 1 is 0.903 bits per heavy atom. The highest BCUT2D eigenvalue weighted by Crippen LogP contribution is 2.41. The minimum atomic E-state index is -1.01. The third-order valence-electron chi connectivity index (χ3n) is 4.98. The Morgan fingerprint density at radius 3 is 2.23 bits per heavy atom. The van der Waals surface area contributed by atoms with Crippen LogP contribution in [0.4, 0.5) is 0 Å². The number of aryl methyl sites for hydroxylation is 2. The number of carbonyl (C=O) groups excluding carboxylic acids is 1. The van der Waals surface area contributed by atoms with Gasteiger partial charge in [-0.15, -0.1) is 11.3 Å². The van der Waals surface area contributed by atoms with Gasteiger partial charge in [0.15, 0.2) is 0 Å². The highest BCUT2D eigenvalue weighted by atomic mass is 32.1. The van der Waals surface area contributed by atoms with Gasteiger partial charge in [0.2, 0.25) is 5.78 Å². The molecule has 4 nitrogen and oxygen atoms in total. The van der Waals surface area contributed by atoms with E-state index >= 15 is 0 Å². The van der Waals surface area contributed by atoms with E-state index in [2.05, 4.69) is 0 Å². The average Bonchev–Trinajstić information content (AvgIpc) is 3.09. The van der Waals surface area contributed by atoms with Crippen molar-refractivity contribution in [3.8, 4) is 16.9 Å². The molecule has 0 unspecified atom stereocenters. The SMILES string of the molecule is Cc1cc(C)cc(C(=O)c2sc3cc(O)ccc3c2-c2ccc(/C=C/C(=O)O)cc2)c1. The monoisotopic (exact) mass is 428 g/mol. The van der Waals surface area contributed by atoms with E-state index in [4.69, 9.17) is 5.11 Å². The molecule has 0 bridgehead atoms. The van der Waals surface area contributed by atoms with Crippen LogP contribution >= 0.6 is 11.3 Å². The molecule has 4 aromatic rings. The minimum Gasteiger partial charge on any atom is -0.508 e. The van der Waals surface area contributed by atoms with Crippen molar-refractivity contribution in [3.05, 3.63) is 93.9 Å². The third-order valence-corrected chi connectivity index (χ3v) is 6.13. The predicted molar refractivity (Wildman–Crippen MR) is 125 cm³/mol. The van der Waals surface area contributed by atoms with E-state index in [1.807, 2.05) is 62.4 Å². The average molecular weight is 429 g/mol. The number of aromatic hydroxyl groups is 1. The number of phenolic OH excluding ortho intramolecular Hbond substituents is 1. The van der Waals surface area contributed by atoms with Crippen LogP contribution in [-0.4, -0.2) is 22.0 Å². The zero-order valence-corrected chi connectivity index (χ0v) is 17.9. The number of fused-ring (bicyclic) bond motifs is 1. The summed E-state index contributed by atoms with van der Waals surface area (Å²) in [6, 6.07) is 18.3. The van der Waals surface area contributed by atoms with E-state index in [0.717, 1.165) is 44.0 Å². The van der Waals surface area contributed by atoms with Gasteiger partial charge in [0.25, 0.3) is 0 Å². The Balaban J connectivity index is 1.87. The summed E-state index contributed by atoms with van der Waals surface area (Å²) >= 11 is 1.36. The fourth-order valence-corrected chi connectivity index (χ4v) is 4.92. The number of carbonyl (C=O) groups is 2. The molecule has 5 heteroatoms. The van der Waals surface area contributed by atoms with Gasteiger partial charge in [-0.05, 0) is 61.4 Å². The largest absolute Gasteiger partial charge is 0.508 e. The van der Waals surface area contributed by atoms with Gasteiger partial charge in [-0.25, -0.2) is 4.79 Å². The van der Waals surface area contributed by atoms with Crippen LogP contribution in [0.15, 0.2) is 66.7 Å². The Kier molecular flexibility index (Phi) is 5.44. The molecule has 0 radical (unpaired) electrons. The van der Waals surface area contributed by atoms with Gasteiger partial charge >= 0.3 is 5.97 Å². The molecule has 0 aliphatic rings. The molecule has 154 valence electrons. The van der Waals surface area contributed by atoms with Crippen LogP contribution in [0.25, 0.3) is 27.3 Å². The Bertz CT molecular complexity index is 1320. The lowest BCUT2D eigenvalue weighted by molar-refractivity contribution is -0.131. The van der Waals surface area contributed by atoms with Crippen molar-refractivity contribution in [1.29, 1.82) is 0 Å². The number of hydrogen-bond acceptors (Lipinski definition) is 4. The van der Waals surface area contributed by atoms with Crippen LogP contribution in [0.2, 0.25) is 0 Å². The summed E-state index contributed by atoms with van der Waals surface area (Å²) in [7, 11) is 0. The number of aliphatic carboxylic acids is 1. The Morgan fingerprint density at radius 2 is 1.58 bits per heavy atom. The number of hydrogen-bond donors (Lipinski definition) is 2. The summed E-state index contributed by atoms with van der Waals surface area (Å²) in [5.41, 5.74) is 5.12. The van der Waals surface area contributed by atoms with Crippen LogP contribution in [0.1, 0.15) is 31.9 Å². The van der Waals surface area contributed by atoms with Crippen molar-refractivity contribution in [1.82, 2.24) is 0 Å². The molecule has 0 spiro atoms. The van der Waals surface area contributed by atoms with Gasteiger partial charge in [0, 0.05) is 27.3 Å². The number of benzene rings is 3. The molecule has 0 saturated heterocycles. The fraction of sp³-hybridized carbons (Fsp3) is 0.0769. The quantitative estimate of drug-likeness (QED) is 0.292. The van der Waals surface area contributed by atoms with Crippen LogP contribution in [0.5, 0.6) is 5.75 Å². The standard InChI is InChI=1S/C26H20O4S/c1-15-11-16(2)13-19(12-15)25(30)26-24(21-9-8-20(27)14-22(21)31-26)18-6-3-17(4-7-18)5-10-23(28)29/h3-14,27H,1-2H3,(H,28,29)/b10-5+. The summed E-state index contributed by atoms with van der Waals surface area (Å²) in [6.07, 6.45) is 2.62. The van der Waals surface area contributed by atoms with Gasteiger partial charge in [-0.2, -0.15) is 0 Å². The molecule has 4 rings (SSSR count). The van der Waals surface area contributed by atoms with Gasteiger partial charge in [-0.3, -0.25) is 4.79 Å². The lowest BCUT2D eigenvalue weighted by Crippen LogP contribution is -2.01. The maximum Gasteiger partial charge on any atom is 0.328 e. The molecule has 1 heterocycles. The van der Waals surface area contributed by atoms with Crippen molar-refractivity contribution >= 4 is 39.3 Å². The van der Waals surface area contributed by atoms with Crippen molar-refractivity contribution < 1.29 is 19.8 Å². The second-order valence-corrected chi connectivity index (χ2v) is 8.54. The minimum absolute atomic E-state index is 0.0580. The molecule has 2 N–H and O–H groups in total. The molecule has 0 aliphatic heterocycles. The van der Waals surface area contributed by atoms with E-state index in [1.54, 1.807) is 12.1 Å². The molecule has 0 atom stereocenters. The van der Waals surface area contributed by atoms with Gasteiger partial charge < -0.3 is 10.2 Å². The predicted octanol–water partition coefficient (Wildman–Crippen LogP) is 6.22. The second-order valence-electron chi connectivity index (χ2n) is 7.49. The lowest BCUT2D eigenvalue weighted by Gasteiger charge is -2.07. The Hall–Kier alpha value is -3.70. The number of carboxylic acid groups (broad SMARTS) is 1. The van der Waals surface area contributed by atoms with Crippen molar-refractivity contribution in [2.24, 2.45) is 0 Å². The first-order chi connectivity index (χ1) is 14.8. The number of ketones is 1. The van der Waals surface area contributed by atoms with Crippen molar-refractivity contribution in [2.75, 3.05) is 0 Å². The topological polar surface area (TPSA) is 74.6 Å². The highest BCUT2D eigenvalue weighted by molar-refractivity contribution is 7.21. The number of rotatable bonds is 5. The Labute approximate surface area is 183 Å². The van der Waals surface area contributed by atoms with E-state index in [-0.39, 0.29) is 11.5 Å². The normalized spacial score (nSPS) is 11.3. The van der Waals surface area contributed by atoms with Gasteiger partial charge in [-0.1, -0.05) is 41.5 Å². The van der Waals surface area contributed by atoms with E-state index in [1.165, 1.54) is 17.4 Å². The highest BCUT2D eigenvalue weighted by Gasteiger charge is 2.21. The zero-order valence-electron chi connectivity index (χ0n) is 17.0. The van der Waals surface area contributed by atoms with Crippen molar-refractivity contribution in [2.45, 2.75) is 13.8 Å². The molecule has 0 amide bonds. The molecule has 0 saturated carbocycles. The summed E-state index contributed by atoms with van der Waals surface area (Å²) in [5.74, 6) is -0.911. The fourth-order valence-electron chi connectivity index (χ4n) is 3.70. The molecular weight excluding hydrogens is 408 g/mol. The molecule has 1 aromatic heterocycles. The second kappa shape index (κ2) is 8.20. The number of carboxylic acids is 1. The summed E-state index contributed by atoms with van der Waals surface area (Å²) in [6.45, 7) is 3.94. The molecular formula is C26H20O4S. The van der Waals surface area contributed by atoms with Gasteiger partial charge in [0.1, 0.15) is 5.75 Å². The van der Waals surface area contributed by atoms with Crippen molar-refractivity contribution in [3.63, 3.8) is 0 Å². The molecule has 0 fully saturated rings. The third kappa shape index (κ3) is 4.27. The first-order valence-electron chi connectivity index (χ1n) is 9.72.